The normalized spacial score (nSPS) is 14.6. The van der Waals surface area contributed by atoms with E-state index in [-0.39, 0.29) is 11.7 Å². The van der Waals surface area contributed by atoms with Gasteiger partial charge in [0.05, 0.1) is 24.6 Å². The molecule has 0 radical (unpaired) electrons. The minimum absolute atomic E-state index is 0.00534. The zero-order chi connectivity index (χ0) is 19.1. The third-order valence-electron chi connectivity index (χ3n) is 5.11. The summed E-state index contributed by atoms with van der Waals surface area (Å²) in [6.07, 6.45) is 5.59. The second-order valence-electron chi connectivity index (χ2n) is 7.06. The predicted octanol–water partition coefficient (Wildman–Crippen LogP) is 4.06. The summed E-state index contributed by atoms with van der Waals surface area (Å²) in [5.41, 5.74) is 6.05. The molecule has 0 aliphatic carbocycles. The van der Waals surface area contributed by atoms with Crippen LogP contribution in [0.3, 0.4) is 0 Å². The lowest BCUT2D eigenvalue weighted by Crippen LogP contribution is -2.24. The van der Waals surface area contributed by atoms with Crippen LogP contribution in [-0.4, -0.2) is 22.1 Å². The van der Waals surface area contributed by atoms with Crippen molar-refractivity contribution >= 4 is 23.6 Å². The van der Waals surface area contributed by atoms with E-state index in [1.807, 2.05) is 41.3 Å². The Morgan fingerprint density at radius 1 is 1.07 bits per heavy atom. The number of rotatable bonds is 3. The molecule has 6 heteroatoms. The number of anilines is 1. The second kappa shape index (κ2) is 6.56. The summed E-state index contributed by atoms with van der Waals surface area (Å²) in [5, 5.41) is 2.81. The van der Waals surface area contributed by atoms with E-state index in [9.17, 15) is 9.18 Å². The van der Waals surface area contributed by atoms with Crippen molar-refractivity contribution in [3.05, 3.63) is 77.4 Å². The molecular weight excluding hydrogens is 355 g/mol. The van der Waals surface area contributed by atoms with Crippen LogP contribution in [0.2, 0.25) is 0 Å². The standard InChI is InChI=1S/C22H17FN4O/c23-19-8-15(14-3-4-20-18(7-14)9-22(28)26-20)1-2-16(19)11-27-12-17-5-6-24-10-21(17)25-13-27/h1-8,10,13H,9,11-12H2,(H,26,28). The molecule has 0 spiro atoms. The number of fused-ring (bicyclic) bond motifs is 2. The van der Waals surface area contributed by atoms with E-state index in [2.05, 4.69) is 15.3 Å². The molecule has 1 amide bonds. The van der Waals surface area contributed by atoms with Crippen LogP contribution in [0.1, 0.15) is 16.7 Å². The highest BCUT2D eigenvalue weighted by Gasteiger charge is 2.18. The third-order valence-corrected chi connectivity index (χ3v) is 5.11. The van der Waals surface area contributed by atoms with Crippen LogP contribution >= 0.6 is 0 Å². The molecule has 0 fully saturated rings. The van der Waals surface area contributed by atoms with Gasteiger partial charge in [-0.25, -0.2) is 9.38 Å². The highest BCUT2D eigenvalue weighted by molar-refractivity contribution is 5.99. The molecular formula is C22H17FN4O. The largest absolute Gasteiger partial charge is 0.354 e. The summed E-state index contributed by atoms with van der Waals surface area (Å²) in [7, 11) is 0. The highest BCUT2D eigenvalue weighted by atomic mass is 19.1. The molecule has 2 aromatic carbocycles. The number of nitrogens with one attached hydrogen (secondary N) is 1. The highest BCUT2D eigenvalue weighted by Crippen LogP contribution is 2.30. The van der Waals surface area contributed by atoms with E-state index >= 15 is 0 Å². The first kappa shape index (κ1) is 16.6. The molecule has 0 saturated heterocycles. The van der Waals surface area contributed by atoms with Crippen LogP contribution in [-0.2, 0) is 24.3 Å². The van der Waals surface area contributed by atoms with Gasteiger partial charge in [-0.1, -0.05) is 18.2 Å². The van der Waals surface area contributed by atoms with E-state index < -0.39 is 0 Å². The molecule has 0 atom stereocenters. The van der Waals surface area contributed by atoms with E-state index in [4.69, 9.17) is 0 Å². The van der Waals surface area contributed by atoms with Gasteiger partial charge in [-0.15, -0.1) is 0 Å². The van der Waals surface area contributed by atoms with Gasteiger partial charge in [0.15, 0.2) is 0 Å². The van der Waals surface area contributed by atoms with Crippen LogP contribution in [0.15, 0.2) is 59.9 Å². The number of amides is 1. The number of nitrogens with zero attached hydrogens (tertiary/aromatic N) is 3. The molecule has 138 valence electrons. The molecule has 1 aromatic heterocycles. The molecule has 2 aliphatic rings. The van der Waals surface area contributed by atoms with Crippen molar-refractivity contribution in [3.8, 4) is 11.1 Å². The Labute approximate surface area is 161 Å². The number of aliphatic imine (C=N–C) groups is 1. The smallest absolute Gasteiger partial charge is 0.228 e. The van der Waals surface area contributed by atoms with Crippen molar-refractivity contribution in [2.75, 3.05) is 5.32 Å². The van der Waals surface area contributed by atoms with E-state index in [0.717, 1.165) is 33.6 Å². The number of pyridine rings is 1. The Hall–Kier alpha value is -3.54. The van der Waals surface area contributed by atoms with Gasteiger partial charge >= 0.3 is 0 Å². The lowest BCUT2D eigenvalue weighted by Gasteiger charge is -2.24. The van der Waals surface area contributed by atoms with Gasteiger partial charge < -0.3 is 10.2 Å². The SMILES string of the molecule is O=C1Cc2cc(-c3ccc(CN4C=Nc5cnccc5C4)c(F)c3)ccc2N1. The molecule has 5 nitrogen and oxygen atoms in total. The van der Waals surface area contributed by atoms with Gasteiger partial charge in [0.25, 0.3) is 0 Å². The number of hydrogen-bond acceptors (Lipinski definition) is 4. The number of aromatic nitrogens is 1. The summed E-state index contributed by atoms with van der Waals surface area (Å²) >= 11 is 0. The fourth-order valence-corrected chi connectivity index (χ4v) is 3.65. The van der Waals surface area contributed by atoms with E-state index in [1.165, 1.54) is 0 Å². The monoisotopic (exact) mass is 372 g/mol. The van der Waals surface area contributed by atoms with Crippen LogP contribution in [0.25, 0.3) is 11.1 Å². The molecule has 0 bridgehead atoms. The van der Waals surface area contributed by atoms with Crippen molar-refractivity contribution in [1.82, 2.24) is 9.88 Å². The van der Waals surface area contributed by atoms with Crippen molar-refractivity contribution in [1.29, 1.82) is 0 Å². The topological polar surface area (TPSA) is 57.6 Å². The lowest BCUT2D eigenvalue weighted by molar-refractivity contribution is -0.115. The lowest BCUT2D eigenvalue weighted by atomic mass is 10.00. The summed E-state index contributed by atoms with van der Waals surface area (Å²) in [4.78, 5) is 22.0. The first-order chi connectivity index (χ1) is 13.7. The zero-order valence-corrected chi connectivity index (χ0v) is 15.0. The van der Waals surface area contributed by atoms with Gasteiger partial charge in [-0.05, 0) is 41.0 Å². The molecule has 2 aliphatic heterocycles. The molecule has 0 saturated carbocycles. The fraction of sp³-hybridized carbons (Fsp3) is 0.136. The van der Waals surface area contributed by atoms with Crippen LogP contribution in [0.4, 0.5) is 15.8 Å². The van der Waals surface area contributed by atoms with Gasteiger partial charge in [0.1, 0.15) is 5.82 Å². The maximum absolute atomic E-state index is 14.8. The Morgan fingerprint density at radius 3 is 2.82 bits per heavy atom. The van der Waals surface area contributed by atoms with E-state index in [0.29, 0.717) is 25.1 Å². The number of carbonyl (C=O) groups is 1. The predicted molar refractivity (Wildman–Crippen MR) is 106 cm³/mol. The maximum Gasteiger partial charge on any atom is 0.228 e. The average molecular weight is 372 g/mol. The summed E-state index contributed by atoms with van der Waals surface area (Å²) in [6.45, 7) is 1.12. The quantitative estimate of drug-likeness (QED) is 0.754. The Bertz CT molecular complexity index is 1130. The molecule has 1 N–H and O–H groups in total. The van der Waals surface area contributed by atoms with Gasteiger partial charge in [-0.3, -0.25) is 9.78 Å². The zero-order valence-electron chi connectivity index (χ0n) is 15.0. The molecule has 3 heterocycles. The molecule has 28 heavy (non-hydrogen) atoms. The Kier molecular flexibility index (Phi) is 3.90. The summed E-state index contributed by atoms with van der Waals surface area (Å²) in [6, 6.07) is 13.0. The minimum Gasteiger partial charge on any atom is -0.354 e. The number of hydrogen-bond donors (Lipinski definition) is 1. The molecule has 5 rings (SSSR count). The van der Waals surface area contributed by atoms with Crippen LogP contribution in [0.5, 0.6) is 0 Å². The van der Waals surface area contributed by atoms with E-state index in [1.54, 1.807) is 24.8 Å². The van der Waals surface area contributed by atoms with Gasteiger partial charge in [0.2, 0.25) is 5.91 Å². The molecule has 0 unspecified atom stereocenters. The minimum atomic E-state index is -0.249. The summed E-state index contributed by atoms with van der Waals surface area (Å²) < 4.78 is 14.8. The van der Waals surface area contributed by atoms with Crippen molar-refractivity contribution in [2.24, 2.45) is 4.99 Å². The number of benzene rings is 2. The van der Waals surface area contributed by atoms with Crippen molar-refractivity contribution < 1.29 is 9.18 Å². The first-order valence-electron chi connectivity index (χ1n) is 9.08. The van der Waals surface area contributed by atoms with Crippen molar-refractivity contribution in [3.63, 3.8) is 0 Å². The van der Waals surface area contributed by atoms with Gasteiger partial charge in [0, 0.05) is 36.1 Å². The van der Waals surface area contributed by atoms with Crippen molar-refractivity contribution in [2.45, 2.75) is 19.5 Å². The fourth-order valence-electron chi connectivity index (χ4n) is 3.65. The maximum atomic E-state index is 14.8. The second-order valence-corrected chi connectivity index (χ2v) is 7.06. The molecule has 3 aromatic rings. The number of halogens is 1. The third kappa shape index (κ3) is 3.03. The summed E-state index contributed by atoms with van der Waals surface area (Å²) in [5.74, 6) is -0.254. The van der Waals surface area contributed by atoms with Crippen LogP contribution < -0.4 is 5.32 Å². The Balaban J connectivity index is 1.36. The first-order valence-corrected chi connectivity index (χ1v) is 9.08. The number of carbonyl (C=O) groups excluding carboxylic acids is 1. The van der Waals surface area contributed by atoms with Crippen LogP contribution in [0, 0.1) is 5.82 Å². The average Bonchev–Trinajstić information content (AvgIpc) is 3.08. The Morgan fingerprint density at radius 2 is 1.93 bits per heavy atom. The van der Waals surface area contributed by atoms with Gasteiger partial charge in [-0.2, -0.15) is 0 Å².